The second-order valence-electron chi connectivity index (χ2n) is 5.64. The SMILES string of the molecule is COc1ccc(-n2cc(C(=O)N=C(N)N)c3ccccc3c2=O)c(OC)c1. The van der Waals surface area contributed by atoms with Gasteiger partial charge in [0.2, 0.25) is 0 Å². The second kappa shape index (κ2) is 7.20. The average Bonchev–Trinajstić information content (AvgIpc) is 2.67. The molecule has 0 saturated heterocycles. The normalized spacial score (nSPS) is 10.4. The highest BCUT2D eigenvalue weighted by Gasteiger charge is 2.17. The number of guanidine groups is 1. The molecule has 3 aromatic rings. The molecular weight excluding hydrogens is 348 g/mol. The lowest BCUT2D eigenvalue weighted by molar-refractivity contribution is 0.100. The Labute approximate surface area is 154 Å². The highest BCUT2D eigenvalue weighted by molar-refractivity contribution is 6.10. The number of nitrogens with two attached hydrogens (primary N) is 2. The van der Waals surface area contributed by atoms with Crippen LogP contribution < -0.4 is 26.5 Å². The number of carbonyl (C=O) groups excluding carboxylic acids is 1. The summed E-state index contributed by atoms with van der Waals surface area (Å²) in [5, 5.41) is 0.813. The third-order valence-electron chi connectivity index (χ3n) is 4.03. The van der Waals surface area contributed by atoms with Crippen LogP contribution in [0.3, 0.4) is 0 Å². The van der Waals surface area contributed by atoms with Gasteiger partial charge < -0.3 is 20.9 Å². The van der Waals surface area contributed by atoms with Gasteiger partial charge in [0.15, 0.2) is 5.96 Å². The van der Waals surface area contributed by atoms with Crippen molar-refractivity contribution in [1.29, 1.82) is 0 Å². The highest BCUT2D eigenvalue weighted by Crippen LogP contribution is 2.28. The number of carbonyl (C=O) groups is 1. The molecular formula is C19H18N4O4. The molecule has 1 aromatic heterocycles. The van der Waals surface area contributed by atoms with E-state index in [4.69, 9.17) is 20.9 Å². The van der Waals surface area contributed by atoms with Crippen LogP contribution in [0.4, 0.5) is 0 Å². The van der Waals surface area contributed by atoms with Gasteiger partial charge in [-0.2, -0.15) is 4.99 Å². The molecule has 0 bridgehead atoms. The average molecular weight is 366 g/mol. The summed E-state index contributed by atoms with van der Waals surface area (Å²) in [6, 6.07) is 11.8. The molecule has 8 heteroatoms. The van der Waals surface area contributed by atoms with Crippen molar-refractivity contribution in [3.05, 3.63) is 64.6 Å². The molecule has 0 spiro atoms. The quantitative estimate of drug-likeness (QED) is 0.532. The largest absolute Gasteiger partial charge is 0.497 e. The van der Waals surface area contributed by atoms with Crippen LogP contribution in [0, 0.1) is 0 Å². The molecule has 0 fully saturated rings. The van der Waals surface area contributed by atoms with Crippen molar-refractivity contribution in [1.82, 2.24) is 4.57 Å². The number of amides is 1. The van der Waals surface area contributed by atoms with E-state index in [0.29, 0.717) is 28.0 Å². The first-order valence-electron chi connectivity index (χ1n) is 7.97. The standard InChI is InChI=1S/C19H18N4O4/c1-26-11-7-8-15(16(9-11)27-2)23-10-14(17(24)22-19(20)21)12-5-3-4-6-13(12)18(23)25/h3-10H,1-2H3,(H4,20,21,22,24). The number of fused-ring (bicyclic) bond motifs is 1. The van der Waals surface area contributed by atoms with E-state index in [9.17, 15) is 9.59 Å². The van der Waals surface area contributed by atoms with Crippen molar-refractivity contribution in [3.8, 4) is 17.2 Å². The first-order chi connectivity index (χ1) is 13.0. The number of benzene rings is 2. The van der Waals surface area contributed by atoms with Crippen molar-refractivity contribution in [2.75, 3.05) is 14.2 Å². The summed E-state index contributed by atoms with van der Waals surface area (Å²) in [6.07, 6.45) is 1.41. The lowest BCUT2D eigenvalue weighted by Gasteiger charge is -2.14. The molecule has 0 saturated carbocycles. The van der Waals surface area contributed by atoms with Crippen LogP contribution in [0.25, 0.3) is 16.5 Å². The fourth-order valence-electron chi connectivity index (χ4n) is 2.80. The van der Waals surface area contributed by atoms with Crippen LogP contribution in [0.15, 0.2) is 58.4 Å². The third kappa shape index (κ3) is 3.32. The van der Waals surface area contributed by atoms with Crippen LogP contribution in [0.1, 0.15) is 10.4 Å². The summed E-state index contributed by atoms with van der Waals surface area (Å²) in [5.74, 6) is -0.0236. The molecule has 8 nitrogen and oxygen atoms in total. The minimum absolute atomic E-state index is 0.191. The van der Waals surface area contributed by atoms with E-state index >= 15 is 0 Å². The Kier molecular flexibility index (Phi) is 4.80. The fraction of sp³-hybridized carbons (Fsp3) is 0.105. The maximum absolute atomic E-state index is 13.0. The molecule has 0 unspecified atom stereocenters. The number of nitrogens with zero attached hydrogens (tertiary/aromatic N) is 2. The predicted molar refractivity (Wildman–Crippen MR) is 103 cm³/mol. The maximum atomic E-state index is 13.0. The molecule has 2 aromatic carbocycles. The minimum Gasteiger partial charge on any atom is -0.497 e. The van der Waals surface area contributed by atoms with Crippen molar-refractivity contribution in [3.63, 3.8) is 0 Å². The van der Waals surface area contributed by atoms with E-state index in [1.807, 2.05) is 0 Å². The number of methoxy groups -OCH3 is 2. The van der Waals surface area contributed by atoms with Gasteiger partial charge in [0.1, 0.15) is 11.5 Å². The van der Waals surface area contributed by atoms with Gasteiger partial charge in [-0.05, 0) is 18.2 Å². The van der Waals surface area contributed by atoms with Gasteiger partial charge in [0.05, 0.1) is 25.5 Å². The van der Waals surface area contributed by atoms with Crippen molar-refractivity contribution >= 4 is 22.6 Å². The Morgan fingerprint density at radius 2 is 1.74 bits per heavy atom. The van der Waals surface area contributed by atoms with Gasteiger partial charge in [0, 0.05) is 23.0 Å². The number of pyridine rings is 1. The van der Waals surface area contributed by atoms with Crippen LogP contribution in [-0.2, 0) is 0 Å². The van der Waals surface area contributed by atoms with Gasteiger partial charge >= 0.3 is 0 Å². The summed E-state index contributed by atoms with van der Waals surface area (Å²) in [5.41, 5.74) is 11.0. The van der Waals surface area contributed by atoms with Gasteiger partial charge in [-0.3, -0.25) is 14.2 Å². The van der Waals surface area contributed by atoms with Crippen molar-refractivity contribution < 1.29 is 14.3 Å². The zero-order valence-corrected chi connectivity index (χ0v) is 14.8. The lowest BCUT2D eigenvalue weighted by atomic mass is 10.1. The molecule has 3 rings (SSSR count). The minimum atomic E-state index is -0.646. The Balaban J connectivity index is 2.35. The van der Waals surface area contributed by atoms with E-state index in [1.165, 1.54) is 25.0 Å². The molecule has 1 heterocycles. The fourth-order valence-corrected chi connectivity index (χ4v) is 2.80. The highest BCUT2D eigenvalue weighted by atomic mass is 16.5. The molecule has 0 aliphatic rings. The molecule has 1 amide bonds. The van der Waals surface area contributed by atoms with Crippen LogP contribution in [0.5, 0.6) is 11.5 Å². The van der Waals surface area contributed by atoms with Crippen molar-refractivity contribution in [2.45, 2.75) is 0 Å². The van der Waals surface area contributed by atoms with E-state index in [1.54, 1.807) is 42.5 Å². The summed E-state index contributed by atoms with van der Waals surface area (Å²) in [4.78, 5) is 29.1. The Bertz CT molecular complexity index is 1110. The maximum Gasteiger partial charge on any atom is 0.282 e. The number of ether oxygens (including phenoxy) is 2. The number of rotatable bonds is 4. The first kappa shape index (κ1) is 18.0. The molecule has 0 aliphatic heterocycles. The summed E-state index contributed by atoms with van der Waals surface area (Å²) in [6.45, 7) is 0. The van der Waals surface area contributed by atoms with Gasteiger partial charge in [0.25, 0.3) is 11.5 Å². The summed E-state index contributed by atoms with van der Waals surface area (Å²) < 4.78 is 11.9. The lowest BCUT2D eigenvalue weighted by Crippen LogP contribution is -2.25. The zero-order chi connectivity index (χ0) is 19.6. The van der Waals surface area contributed by atoms with E-state index < -0.39 is 5.91 Å². The molecule has 138 valence electrons. The van der Waals surface area contributed by atoms with E-state index in [0.717, 1.165) is 0 Å². The second-order valence-corrected chi connectivity index (χ2v) is 5.64. The van der Waals surface area contributed by atoms with E-state index in [-0.39, 0.29) is 17.1 Å². The molecule has 0 radical (unpaired) electrons. The Hall–Kier alpha value is -3.81. The van der Waals surface area contributed by atoms with Crippen molar-refractivity contribution in [2.24, 2.45) is 16.5 Å². The third-order valence-corrected chi connectivity index (χ3v) is 4.03. The molecule has 0 aliphatic carbocycles. The van der Waals surface area contributed by atoms with Crippen LogP contribution in [0.2, 0.25) is 0 Å². The topological polar surface area (TPSA) is 122 Å². The van der Waals surface area contributed by atoms with Gasteiger partial charge in [-0.15, -0.1) is 0 Å². The Morgan fingerprint density at radius 1 is 1.04 bits per heavy atom. The molecule has 27 heavy (non-hydrogen) atoms. The van der Waals surface area contributed by atoms with Crippen LogP contribution >= 0.6 is 0 Å². The van der Waals surface area contributed by atoms with Gasteiger partial charge in [-0.25, -0.2) is 0 Å². The molecule has 4 N–H and O–H groups in total. The number of hydrogen-bond donors (Lipinski definition) is 2. The smallest absolute Gasteiger partial charge is 0.282 e. The molecule has 0 atom stereocenters. The zero-order valence-electron chi connectivity index (χ0n) is 14.8. The number of aliphatic imine (C=N–C) groups is 1. The van der Waals surface area contributed by atoms with E-state index in [2.05, 4.69) is 4.99 Å². The summed E-state index contributed by atoms with van der Waals surface area (Å²) in [7, 11) is 3.01. The first-order valence-corrected chi connectivity index (χ1v) is 7.97. The van der Waals surface area contributed by atoms with Gasteiger partial charge in [-0.1, -0.05) is 18.2 Å². The summed E-state index contributed by atoms with van der Waals surface area (Å²) >= 11 is 0. The number of hydrogen-bond acceptors (Lipinski definition) is 4. The number of aromatic nitrogens is 1. The monoisotopic (exact) mass is 366 g/mol. The predicted octanol–water partition coefficient (Wildman–Crippen LogP) is 1.42. The van der Waals surface area contributed by atoms with Crippen LogP contribution in [-0.4, -0.2) is 30.7 Å². The Morgan fingerprint density at radius 3 is 2.37 bits per heavy atom.